The Labute approximate surface area is 177 Å². The summed E-state index contributed by atoms with van der Waals surface area (Å²) < 4.78 is 10.8. The number of ether oxygens (including phenoxy) is 2. The van der Waals surface area contributed by atoms with Crippen molar-refractivity contribution in [2.24, 2.45) is 5.92 Å². The van der Waals surface area contributed by atoms with Crippen molar-refractivity contribution < 1.29 is 14.3 Å². The number of methoxy groups -OCH3 is 1. The molecule has 0 fully saturated rings. The summed E-state index contributed by atoms with van der Waals surface area (Å²) in [6.07, 6.45) is 7.72. The van der Waals surface area contributed by atoms with Gasteiger partial charge in [0.05, 0.1) is 5.76 Å². The molecule has 0 aliphatic heterocycles. The summed E-state index contributed by atoms with van der Waals surface area (Å²) in [5.41, 5.74) is 2.40. The van der Waals surface area contributed by atoms with E-state index in [0.29, 0.717) is 0 Å². The molecule has 1 aromatic rings. The fourth-order valence-electron chi connectivity index (χ4n) is 3.00. The van der Waals surface area contributed by atoms with E-state index >= 15 is 0 Å². The van der Waals surface area contributed by atoms with Crippen LogP contribution in [0.4, 0.5) is 0 Å². The Bertz CT molecular complexity index is 621. The molecule has 1 N–H and O–H groups in total. The van der Waals surface area contributed by atoms with Crippen molar-refractivity contribution in [1.82, 2.24) is 5.32 Å². The van der Waals surface area contributed by atoms with Crippen LogP contribution in [-0.4, -0.2) is 26.2 Å². The van der Waals surface area contributed by atoms with E-state index in [0.717, 1.165) is 81.6 Å². The molecule has 0 saturated heterocycles. The first-order valence-corrected chi connectivity index (χ1v) is 10.8. The monoisotopic (exact) mass is 401 g/mol. The third kappa shape index (κ3) is 11.5. The first-order valence-electron chi connectivity index (χ1n) is 10.8. The summed E-state index contributed by atoms with van der Waals surface area (Å²) in [6.45, 7) is 13.6. The van der Waals surface area contributed by atoms with Crippen LogP contribution >= 0.6 is 0 Å². The number of benzene rings is 1. The SMILES string of the molecule is C=C(CC)CCCC(=C)Oc1ccc(CC(C)C(=O)NCCCCCOC)cc1. The molecule has 4 nitrogen and oxygen atoms in total. The number of unbranched alkanes of at least 4 members (excludes halogenated alkanes) is 2. The number of carbonyl (C=O) groups is 1. The summed E-state index contributed by atoms with van der Waals surface area (Å²) in [5.74, 6) is 1.63. The summed E-state index contributed by atoms with van der Waals surface area (Å²) >= 11 is 0. The van der Waals surface area contributed by atoms with Crippen LogP contribution in [0.3, 0.4) is 0 Å². The standard InChI is InChI=1S/C25H39NO3/c1-6-20(2)11-10-12-22(4)29-24-15-13-23(14-16-24)19-21(3)25(27)26-17-8-7-9-18-28-5/h13-16,21H,2,4,6-12,17-19H2,1,3,5H3,(H,26,27). The van der Waals surface area contributed by atoms with Gasteiger partial charge in [-0.15, -0.1) is 0 Å². The Morgan fingerprint density at radius 3 is 2.45 bits per heavy atom. The maximum atomic E-state index is 12.2. The van der Waals surface area contributed by atoms with Crippen LogP contribution in [0.2, 0.25) is 0 Å². The predicted molar refractivity (Wildman–Crippen MR) is 121 cm³/mol. The number of carbonyl (C=O) groups excluding carboxylic acids is 1. The van der Waals surface area contributed by atoms with Crippen LogP contribution < -0.4 is 10.1 Å². The molecule has 0 saturated carbocycles. The van der Waals surface area contributed by atoms with Gasteiger partial charge in [0.25, 0.3) is 0 Å². The molecule has 1 unspecified atom stereocenters. The lowest BCUT2D eigenvalue weighted by Gasteiger charge is -2.13. The minimum Gasteiger partial charge on any atom is -0.462 e. The molecular formula is C25H39NO3. The Morgan fingerprint density at radius 1 is 1.07 bits per heavy atom. The average molecular weight is 402 g/mol. The second kappa shape index (κ2) is 14.9. The van der Waals surface area contributed by atoms with Gasteiger partial charge >= 0.3 is 0 Å². The summed E-state index contributed by atoms with van der Waals surface area (Å²) in [6, 6.07) is 7.95. The summed E-state index contributed by atoms with van der Waals surface area (Å²) in [4.78, 5) is 12.2. The molecule has 0 aromatic heterocycles. The van der Waals surface area contributed by atoms with Crippen molar-refractivity contribution >= 4 is 5.91 Å². The maximum Gasteiger partial charge on any atom is 0.223 e. The fourth-order valence-corrected chi connectivity index (χ4v) is 3.00. The van der Waals surface area contributed by atoms with Crippen LogP contribution in [0.5, 0.6) is 5.75 Å². The molecule has 162 valence electrons. The van der Waals surface area contributed by atoms with Crippen LogP contribution in [0.1, 0.15) is 64.4 Å². The Morgan fingerprint density at radius 2 is 1.79 bits per heavy atom. The highest BCUT2D eigenvalue weighted by Gasteiger charge is 2.13. The van der Waals surface area contributed by atoms with Crippen LogP contribution in [0.25, 0.3) is 0 Å². The van der Waals surface area contributed by atoms with Crippen molar-refractivity contribution in [2.75, 3.05) is 20.3 Å². The topological polar surface area (TPSA) is 47.6 Å². The van der Waals surface area contributed by atoms with Gasteiger partial charge in [0.15, 0.2) is 0 Å². The highest BCUT2D eigenvalue weighted by atomic mass is 16.5. The van der Waals surface area contributed by atoms with Gasteiger partial charge in [0.1, 0.15) is 5.75 Å². The number of rotatable bonds is 16. The van der Waals surface area contributed by atoms with E-state index in [-0.39, 0.29) is 11.8 Å². The molecule has 0 radical (unpaired) electrons. The van der Waals surface area contributed by atoms with Gasteiger partial charge in [0, 0.05) is 32.6 Å². The third-order valence-corrected chi connectivity index (χ3v) is 4.99. The number of nitrogens with one attached hydrogen (secondary N) is 1. The summed E-state index contributed by atoms with van der Waals surface area (Å²) in [7, 11) is 1.71. The quantitative estimate of drug-likeness (QED) is 0.215. The van der Waals surface area contributed by atoms with Crippen LogP contribution in [-0.2, 0) is 16.0 Å². The minimum atomic E-state index is -0.0534. The first kappa shape index (κ1) is 25.0. The molecule has 0 bridgehead atoms. The van der Waals surface area contributed by atoms with Gasteiger partial charge in [-0.2, -0.15) is 0 Å². The van der Waals surface area contributed by atoms with Crippen molar-refractivity contribution in [2.45, 2.75) is 65.2 Å². The van der Waals surface area contributed by atoms with E-state index in [1.54, 1.807) is 7.11 Å². The minimum absolute atomic E-state index is 0.0534. The number of amides is 1. The molecule has 4 heteroatoms. The van der Waals surface area contributed by atoms with E-state index in [1.807, 2.05) is 31.2 Å². The van der Waals surface area contributed by atoms with Crippen molar-refractivity contribution in [1.29, 1.82) is 0 Å². The average Bonchev–Trinajstić information content (AvgIpc) is 2.71. The number of hydrogen-bond donors (Lipinski definition) is 1. The second-order valence-corrected chi connectivity index (χ2v) is 7.69. The lowest BCUT2D eigenvalue weighted by atomic mass is 10.0. The lowest BCUT2D eigenvalue weighted by Crippen LogP contribution is -2.31. The van der Waals surface area contributed by atoms with Gasteiger partial charge in [-0.3, -0.25) is 4.79 Å². The Balaban J connectivity index is 2.31. The van der Waals surface area contributed by atoms with Crippen LogP contribution in [0.15, 0.2) is 48.8 Å². The van der Waals surface area contributed by atoms with Gasteiger partial charge in [0.2, 0.25) is 5.91 Å². The molecule has 0 spiro atoms. The highest BCUT2D eigenvalue weighted by molar-refractivity contribution is 5.78. The zero-order valence-corrected chi connectivity index (χ0v) is 18.6. The largest absolute Gasteiger partial charge is 0.462 e. The van der Waals surface area contributed by atoms with E-state index in [4.69, 9.17) is 9.47 Å². The lowest BCUT2D eigenvalue weighted by molar-refractivity contribution is -0.124. The predicted octanol–water partition coefficient (Wildman–Crippen LogP) is 5.83. The normalized spacial score (nSPS) is 11.7. The van der Waals surface area contributed by atoms with E-state index < -0.39 is 0 Å². The zero-order valence-electron chi connectivity index (χ0n) is 18.6. The number of allylic oxidation sites excluding steroid dienone is 2. The van der Waals surface area contributed by atoms with E-state index in [1.165, 1.54) is 5.57 Å². The third-order valence-electron chi connectivity index (χ3n) is 4.99. The molecule has 0 aliphatic carbocycles. The van der Waals surface area contributed by atoms with Gasteiger partial charge < -0.3 is 14.8 Å². The molecule has 1 atom stereocenters. The van der Waals surface area contributed by atoms with Crippen molar-refractivity contribution in [3.8, 4) is 5.75 Å². The zero-order chi connectivity index (χ0) is 21.5. The van der Waals surface area contributed by atoms with Crippen molar-refractivity contribution in [3.63, 3.8) is 0 Å². The first-order chi connectivity index (χ1) is 14.0. The smallest absolute Gasteiger partial charge is 0.223 e. The molecule has 0 heterocycles. The molecule has 29 heavy (non-hydrogen) atoms. The van der Waals surface area contributed by atoms with Gasteiger partial charge in [-0.1, -0.05) is 44.7 Å². The molecule has 0 aliphatic rings. The fraction of sp³-hybridized carbons (Fsp3) is 0.560. The van der Waals surface area contributed by atoms with Crippen molar-refractivity contribution in [3.05, 3.63) is 54.3 Å². The Hall–Kier alpha value is -2.07. The Kier molecular flexibility index (Phi) is 12.8. The maximum absolute atomic E-state index is 12.2. The van der Waals surface area contributed by atoms with E-state index in [2.05, 4.69) is 25.4 Å². The van der Waals surface area contributed by atoms with E-state index in [9.17, 15) is 4.79 Å². The summed E-state index contributed by atoms with van der Waals surface area (Å²) in [5, 5.41) is 3.03. The van der Waals surface area contributed by atoms with Gasteiger partial charge in [-0.25, -0.2) is 0 Å². The molecule has 1 rings (SSSR count). The van der Waals surface area contributed by atoms with Gasteiger partial charge in [-0.05, 0) is 62.6 Å². The number of hydrogen-bond acceptors (Lipinski definition) is 3. The second-order valence-electron chi connectivity index (χ2n) is 7.69. The molecule has 1 amide bonds. The van der Waals surface area contributed by atoms with Crippen LogP contribution in [0, 0.1) is 5.92 Å². The highest BCUT2D eigenvalue weighted by Crippen LogP contribution is 2.20. The molecular weight excluding hydrogens is 362 g/mol. The molecule has 1 aromatic carbocycles.